The highest BCUT2D eigenvalue weighted by Crippen LogP contribution is 2.27. The highest BCUT2D eigenvalue weighted by atomic mass is 35.5. The highest BCUT2D eigenvalue weighted by Gasteiger charge is 2.09. The quantitative estimate of drug-likeness (QED) is 0.326. The van der Waals surface area contributed by atoms with Crippen LogP contribution in [0.3, 0.4) is 0 Å². The Labute approximate surface area is 212 Å². The van der Waals surface area contributed by atoms with Gasteiger partial charge in [0.1, 0.15) is 5.78 Å². The molecule has 0 spiro atoms. The molecule has 1 unspecified atom stereocenters. The Hall–Kier alpha value is -1.64. The van der Waals surface area contributed by atoms with E-state index in [1.165, 1.54) is 38.2 Å². The number of hydrogen-bond acceptors (Lipinski definition) is 2. The first-order chi connectivity index (χ1) is 15.5. The molecule has 0 aliphatic heterocycles. The van der Waals surface area contributed by atoms with E-state index in [-0.39, 0.29) is 11.7 Å². The number of halogens is 2. The van der Waals surface area contributed by atoms with Gasteiger partial charge in [-0.2, -0.15) is 0 Å². The van der Waals surface area contributed by atoms with E-state index in [0.29, 0.717) is 22.3 Å². The maximum absolute atomic E-state index is 10.7. The molecule has 0 aliphatic carbocycles. The van der Waals surface area contributed by atoms with Crippen LogP contribution in [0.5, 0.6) is 0 Å². The normalized spacial score (nSPS) is 11.2. The van der Waals surface area contributed by atoms with Crippen molar-refractivity contribution in [3.8, 4) is 0 Å². The van der Waals surface area contributed by atoms with Gasteiger partial charge in [-0.1, -0.05) is 82.8 Å². The van der Waals surface area contributed by atoms with Crippen LogP contribution in [0.25, 0.3) is 0 Å². The fraction of sp³-hybridized carbons (Fsp3) is 0.517. The molecular formula is C29H42Cl2O2. The summed E-state index contributed by atoms with van der Waals surface area (Å²) in [6.45, 7) is 14.0. The van der Waals surface area contributed by atoms with E-state index in [0.717, 1.165) is 17.4 Å². The van der Waals surface area contributed by atoms with Crippen LogP contribution in [-0.4, -0.2) is 11.6 Å². The Morgan fingerprint density at radius 2 is 1.18 bits per heavy atom. The average molecular weight is 494 g/mol. The summed E-state index contributed by atoms with van der Waals surface area (Å²) in [6, 6.07) is 15.2. The fourth-order valence-corrected chi connectivity index (χ4v) is 3.72. The van der Waals surface area contributed by atoms with E-state index in [2.05, 4.69) is 39.8 Å². The van der Waals surface area contributed by atoms with Crippen LogP contribution in [0.15, 0.2) is 48.5 Å². The first-order valence-electron chi connectivity index (χ1n) is 12.0. The Bertz CT molecular complexity index is 789. The molecule has 0 aliphatic rings. The lowest BCUT2D eigenvalue weighted by Gasteiger charge is -2.15. The Kier molecular flexibility index (Phi) is 16.9. The van der Waals surface area contributed by atoms with Gasteiger partial charge in [0, 0.05) is 21.5 Å². The van der Waals surface area contributed by atoms with Crippen molar-refractivity contribution in [2.45, 2.75) is 86.5 Å². The molecule has 2 aromatic carbocycles. The molecule has 2 aromatic rings. The lowest BCUT2D eigenvalue weighted by Crippen LogP contribution is -2.08. The van der Waals surface area contributed by atoms with Crippen LogP contribution in [-0.2, 0) is 4.79 Å². The lowest BCUT2D eigenvalue weighted by atomic mass is 9.90. The van der Waals surface area contributed by atoms with Crippen LogP contribution in [0, 0.1) is 11.8 Å². The summed E-state index contributed by atoms with van der Waals surface area (Å²) in [5, 5.41) is 1.49. The summed E-state index contributed by atoms with van der Waals surface area (Å²) in [5.74, 6) is 2.00. The minimum atomic E-state index is 0.0664. The molecule has 0 saturated heterocycles. The SMILES string of the molecule is CC(=O)C(C)CC(C)C.CC(=O)c1ccc(Cl)cc1.CCCC(CCC)c1ccc(Cl)cc1. The summed E-state index contributed by atoms with van der Waals surface area (Å²) < 4.78 is 0. The third-order valence-corrected chi connectivity index (χ3v) is 5.89. The molecule has 0 radical (unpaired) electrons. The standard InChI is InChI=1S/C13H19Cl.C8H7ClO.C8H16O/c1-3-5-11(6-4-2)12-7-9-13(14)10-8-12;1-6(10)7-2-4-8(9)5-3-7;1-6(2)5-7(3)8(4)9/h7-11H,3-6H2,1-2H3;2-5H,1H3;6-7H,5H2,1-4H3. The summed E-state index contributed by atoms with van der Waals surface area (Å²) in [5.41, 5.74) is 2.14. The third kappa shape index (κ3) is 15.0. The summed E-state index contributed by atoms with van der Waals surface area (Å²) >= 11 is 11.5. The Morgan fingerprint density at radius 1 is 0.758 bits per heavy atom. The molecular weight excluding hydrogens is 451 g/mol. The zero-order chi connectivity index (χ0) is 25.4. The second kappa shape index (κ2) is 17.8. The second-order valence-corrected chi connectivity index (χ2v) is 9.90. The minimum absolute atomic E-state index is 0.0664. The van der Waals surface area contributed by atoms with Crippen LogP contribution in [0.2, 0.25) is 10.0 Å². The van der Waals surface area contributed by atoms with Crippen molar-refractivity contribution >= 4 is 34.8 Å². The van der Waals surface area contributed by atoms with Crippen molar-refractivity contribution < 1.29 is 9.59 Å². The van der Waals surface area contributed by atoms with Crippen LogP contribution >= 0.6 is 23.2 Å². The monoisotopic (exact) mass is 492 g/mol. The summed E-state index contributed by atoms with van der Waals surface area (Å²) in [6.07, 6.45) is 6.11. The van der Waals surface area contributed by atoms with Gasteiger partial charge in [-0.25, -0.2) is 0 Å². The average Bonchev–Trinajstić information content (AvgIpc) is 2.75. The van der Waals surface area contributed by atoms with E-state index < -0.39 is 0 Å². The first kappa shape index (κ1) is 31.4. The number of carbonyl (C=O) groups is 2. The topological polar surface area (TPSA) is 34.1 Å². The van der Waals surface area contributed by atoms with Gasteiger partial charge in [-0.05, 0) is 86.9 Å². The van der Waals surface area contributed by atoms with Crippen molar-refractivity contribution in [2.24, 2.45) is 11.8 Å². The maximum atomic E-state index is 10.7. The molecule has 0 amide bonds. The third-order valence-electron chi connectivity index (χ3n) is 5.39. The Morgan fingerprint density at radius 3 is 1.48 bits per heavy atom. The van der Waals surface area contributed by atoms with Gasteiger partial charge < -0.3 is 0 Å². The van der Waals surface area contributed by atoms with E-state index in [4.69, 9.17) is 23.2 Å². The number of carbonyl (C=O) groups excluding carboxylic acids is 2. The van der Waals surface area contributed by atoms with Gasteiger partial charge in [0.05, 0.1) is 0 Å². The summed E-state index contributed by atoms with van der Waals surface area (Å²) in [7, 11) is 0. The molecule has 184 valence electrons. The smallest absolute Gasteiger partial charge is 0.159 e. The molecule has 0 bridgehead atoms. The fourth-order valence-electron chi connectivity index (χ4n) is 3.47. The molecule has 0 saturated carbocycles. The molecule has 1 atom stereocenters. The number of Topliss-reactive ketones (excluding diaryl/α,β-unsaturated/α-hetero) is 2. The van der Waals surface area contributed by atoms with Crippen molar-refractivity contribution in [1.82, 2.24) is 0 Å². The predicted molar refractivity (Wildman–Crippen MR) is 145 cm³/mol. The van der Waals surface area contributed by atoms with Crippen LogP contribution < -0.4 is 0 Å². The predicted octanol–water partition coefficient (Wildman–Crippen LogP) is 9.82. The number of hydrogen-bond donors (Lipinski definition) is 0. The van der Waals surface area contributed by atoms with Gasteiger partial charge in [0.15, 0.2) is 5.78 Å². The van der Waals surface area contributed by atoms with Gasteiger partial charge in [0.25, 0.3) is 0 Å². The number of rotatable bonds is 9. The highest BCUT2D eigenvalue weighted by molar-refractivity contribution is 6.30. The van der Waals surface area contributed by atoms with E-state index in [1.54, 1.807) is 31.2 Å². The molecule has 2 rings (SSSR count). The number of benzene rings is 2. The molecule has 0 heterocycles. The van der Waals surface area contributed by atoms with Gasteiger partial charge in [-0.3, -0.25) is 9.59 Å². The Balaban J connectivity index is 0.000000482. The molecule has 0 aromatic heterocycles. The van der Waals surface area contributed by atoms with Gasteiger partial charge >= 0.3 is 0 Å². The van der Waals surface area contributed by atoms with E-state index in [9.17, 15) is 9.59 Å². The van der Waals surface area contributed by atoms with E-state index >= 15 is 0 Å². The summed E-state index contributed by atoms with van der Waals surface area (Å²) in [4.78, 5) is 21.4. The van der Waals surface area contributed by atoms with E-state index in [1.807, 2.05) is 19.1 Å². The van der Waals surface area contributed by atoms with Gasteiger partial charge in [0.2, 0.25) is 0 Å². The minimum Gasteiger partial charge on any atom is -0.300 e. The maximum Gasteiger partial charge on any atom is 0.159 e. The lowest BCUT2D eigenvalue weighted by molar-refractivity contribution is -0.120. The molecule has 0 fully saturated rings. The molecule has 0 N–H and O–H groups in total. The van der Waals surface area contributed by atoms with Gasteiger partial charge in [-0.15, -0.1) is 0 Å². The van der Waals surface area contributed by atoms with Crippen molar-refractivity contribution in [3.63, 3.8) is 0 Å². The molecule has 33 heavy (non-hydrogen) atoms. The van der Waals surface area contributed by atoms with Crippen molar-refractivity contribution in [1.29, 1.82) is 0 Å². The van der Waals surface area contributed by atoms with Crippen molar-refractivity contribution in [2.75, 3.05) is 0 Å². The zero-order valence-electron chi connectivity index (χ0n) is 21.5. The second-order valence-electron chi connectivity index (χ2n) is 9.03. The number of ketones is 2. The van der Waals surface area contributed by atoms with Crippen LogP contribution in [0.1, 0.15) is 102 Å². The zero-order valence-corrected chi connectivity index (χ0v) is 23.0. The molecule has 2 nitrogen and oxygen atoms in total. The largest absolute Gasteiger partial charge is 0.300 e. The molecule has 4 heteroatoms. The van der Waals surface area contributed by atoms with Crippen LogP contribution in [0.4, 0.5) is 0 Å². The first-order valence-corrected chi connectivity index (χ1v) is 12.8. The van der Waals surface area contributed by atoms with Crippen molar-refractivity contribution in [3.05, 3.63) is 69.7 Å².